The number of rotatable bonds is 9. The van der Waals surface area contributed by atoms with Gasteiger partial charge in [-0.2, -0.15) is 0 Å². The van der Waals surface area contributed by atoms with Gasteiger partial charge in [0.25, 0.3) is 0 Å². The second kappa shape index (κ2) is 10.8. The van der Waals surface area contributed by atoms with Crippen LogP contribution in [0.4, 0.5) is 5.82 Å². The lowest BCUT2D eigenvalue weighted by molar-refractivity contribution is 0.318. The van der Waals surface area contributed by atoms with Gasteiger partial charge in [-0.3, -0.25) is 9.97 Å². The average molecular weight is 545 g/mol. The molecule has 0 amide bonds. The molecule has 12 heteroatoms. The van der Waals surface area contributed by atoms with E-state index in [0.717, 1.165) is 16.6 Å². The van der Waals surface area contributed by atoms with Gasteiger partial charge in [0.15, 0.2) is 11.6 Å². The fraction of sp³-hybridized carbons (Fsp3) is 0.222. The van der Waals surface area contributed by atoms with Gasteiger partial charge in [0, 0.05) is 47.7 Å². The van der Waals surface area contributed by atoms with Gasteiger partial charge in [-0.25, -0.2) is 27.6 Å². The molecule has 0 aliphatic carbocycles. The second-order valence-corrected chi connectivity index (χ2v) is 11.4. The van der Waals surface area contributed by atoms with E-state index in [4.69, 9.17) is 9.72 Å². The van der Waals surface area contributed by atoms with E-state index in [2.05, 4.69) is 30.1 Å². The van der Waals surface area contributed by atoms with Crippen molar-refractivity contribution < 1.29 is 13.2 Å². The van der Waals surface area contributed by atoms with Gasteiger partial charge < -0.3 is 10.1 Å². The molecule has 0 radical (unpaired) electrons. The summed E-state index contributed by atoms with van der Waals surface area (Å²) in [6.45, 7) is 6.08. The Kier molecular flexibility index (Phi) is 7.22. The van der Waals surface area contributed by atoms with E-state index in [9.17, 15) is 8.42 Å². The number of nitrogens with one attached hydrogen (secondary N) is 2. The van der Waals surface area contributed by atoms with Crippen LogP contribution in [-0.2, 0) is 10.0 Å². The lowest BCUT2D eigenvalue weighted by Crippen LogP contribution is -2.40. The summed E-state index contributed by atoms with van der Waals surface area (Å²) in [6, 6.07) is 13.4. The zero-order valence-electron chi connectivity index (χ0n) is 21.7. The van der Waals surface area contributed by atoms with Gasteiger partial charge in [0.1, 0.15) is 17.0 Å². The number of aromatic nitrogens is 6. The molecule has 0 atom stereocenters. The Hall–Kier alpha value is -4.42. The largest absolute Gasteiger partial charge is 0.475 e. The third-order valence-corrected chi connectivity index (χ3v) is 7.23. The van der Waals surface area contributed by atoms with Crippen LogP contribution in [0.5, 0.6) is 5.88 Å². The monoisotopic (exact) mass is 544 g/mol. The summed E-state index contributed by atoms with van der Waals surface area (Å²) in [7, 11) is -3.79. The number of sulfonamides is 1. The average Bonchev–Trinajstić information content (AvgIpc) is 3.35. The number of hydrogen-bond acceptors (Lipinski definition) is 9. The predicted octanol–water partition coefficient (Wildman–Crippen LogP) is 3.82. The summed E-state index contributed by atoms with van der Waals surface area (Å²) in [6.07, 6.45) is 9.39. The number of fused-ring (bicyclic) bond motifs is 1. The van der Waals surface area contributed by atoms with E-state index in [1.165, 1.54) is 12.3 Å². The molecular formula is C27H28N8O3S. The minimum Gasteiger partial charge on any atom is -0.475 e. The number of hydrogen-bond donors (Lipinski definition) is 2. The molecule has 200 valence electrons. The van der Waals surface area contributed by atoms with Gasteiger partial charge in [0.05, 0.1) is 12.7 Å². The lowest BCUT2D eigenvalue weighted by Gasteiger charge is -2.20. The molecule has 4 aromatic heterocycles. The zero-order valence-corrected chi connectivity index (χ0v) is 22.6. The Morgan fingerprint density at radius 1 is 0.974 bits per heavy atom. The first-order chi connectivity index (χ1) is 18.7. The van der Waals surface area contributed by atoms with E-state index in [-0.39, 0.29) is 4.90 Å². The van der Waals surface area contributed by atoms with Crippen molar-refractivity contribution in [2.45, 2.75) is 31.2 Å². The van der Waals surface area contributed by atoms with Crippen LogP contribution in [0.2, 0.25) is 0 Å². The molecule has 0 unspecified atom stereocenters. The molecule has 0 fully saturated rings. The fourth-order valence-electron chi connectivity index (χ4n) is 3.96. The standard InChI is InChI=1S/C27H28N8O3S/c1-27(2,3)34-39(36,37)21-15-20(16-29-17-21)25-32-26(31-12-14-38-23-18-28-10-11-30-23)24-22(9-13-35(24)33-25)19-7-5-4-6-8-19/h4-11,13,15-18,34H,12,14H2,1-3H3,(H,31,32,33). The first-order valence-electron chi connectivity index (χ1n) is 12.3. The first kappa shape index (κ1) is 26.2. The molecule has 0 saturated heterocycles. The highest BCUT2D eigenvalue weighted by Crippen LogP contribution is 2.31. The summed E-state index contributed by atoms with van der Waals surface area (Å²) in [5, 5.41) is 8.03. The highest BCUT2D eigenvalue weighted by atomic mass is 32.2. The van der Waals surface area contributed by atoms with E-state index in [0.29, 0.717) is 36.2 Å². The van der Waals surface area contributed by atoms with Crippen LogP contribution >= 0.6 is 0 Å². The fourth-order valence-corrected chi connectivity index (χ4v) is 5.36. The highest BCUT2D eigenvalue weighted by Gasteiger charge is 2.23. The summed E-state index contributed by atoms with van der Waals surface area (Å²) in [5.74, 6) is 1.30. The van der Waals surface area contributed by atoms with Crippen LogP contribution in [0.1, 0.15) is 20.8 Å². The van der Waals surface area contributed by atoms with Gasteiger partial charge >= 0.3 is 0 Å². The molecule has 11 nitrogen and oxygen atoms in total. The minimum atomic E-state index is -3.79. The molecule has 4 heterocycles. The zero-order chi connectivity index (χ0) is 27.5. The normalized spacial score (nSPS) is 12.0. The molecule has 2 N–H and O–H groups in total. The van der Waals surface area contributed by atoms with Crippen LogP contribution in [0, 0.1) is 0 Å². The number of benzene rings is 1. The summed E-state index contributed by atoms with van der Waals surface area (Å²) < 4.78 is 35.9. The Balaban J connectivity index is 1.51. The summed E-state index contributed by atoms with van der Waals surface area (Å²) >= 11 is 0. The first-order valence-corrected chi connectivity index (χ1v) is 13.7. The Morgan fingerprint density at radius 2 is 1.79 bits per heavy atom. The molecule has 0 spiro atoms. The van der Waals surface area contributed by atoms with Crippen LogP contribution < -0.4 is 14.8 Å². The maximum Gasteiger partial charge on any atom is 0.242 e. The Morgan fingerprint density at radius 3 is 2.54 bits per heavy atom. The van der Waals surface area contributed by atoms with Crippen molar-refractivity contribution in [1.82, 2.24) is 34.3 Å². The van der Waals surface area contributed by atoms with Crippen molar-refractivity contribution in [3.63, 3.8) is 0 Å². The topological polar surface area (TPSA) is 136 Å². The van der Waals surface area contributed by atoms with Crippen molar-refractivity contribution in [1.29, 1.82) is 0 Å². The van der Waals surface area contributed by atoms with Crippen molar-refractivity contribution in [3.8, 4) is 28.4 Å². The van der Waals surface area contributed by atoms with Crippen LogP contribution in [-0.4, -0.2) is 56.7 Å². The van der Waals surface area contributed by atoms with Crippen molar-refractivity contribution >= 4 is 21.4 Å². The SMILES string of the molecule is CC(C)(C)NS(=O)(=O)c1cncc(-c2nc(NCCOc3cnccn3)c3c(-c4ccccc4)ccn3n2)c1. The molecule has 5 rings (SSSR count). The molecule has 1 aromatic carbocycles. The maximum absolute atomic E-state index is 12.9. The van der Waals surface area contributed by atoms with Crippen molar-refractivity contribution in [2.24, 2.45) is 0 Å². The number of anilines is 1. The van der Waals surface area contributed by atoms with E-state index >= 15 is 0 Å². The predicted molar refractivity (Wildman–Crippen MR) is 148 cm³/mol. The number of nitrogens with zero attached hydrogens (tertiary/aromatic N) is 6. The van der Waals surface area contributed by atoms with Gasteiger partial charge in [0.2, 0.25) is 15.9 Å². The molecular weight excluding hydrogens is 516 g/mol. The highest BCUT2D eigenvalue weighted by molar-refractivity contribution is 7.89. The van der Waals surface area contributed by atoms with Crippen LogP contribution in [0.3, 0.4) is 0 Å². The van der Waals surface area contributed by atoms with Gasteiger partial charge in [-0.15, -0.1) is 5.10 Å². The summed E-state index contributed by atoms with van der Waals surface area (Å²) in [5.41, 5.74) is 2.55. The quantitative estimate of drug-likeness (QED) is 0.265. The maximum atomic E-state index is 12.9. The van der Waals surface area contributed by atoms with E-state index in [1.807, 2.05) is 42.6 Å². The number of pyridine rings is 1. The molecule has 0 aliphatic rings. The van der Waals surface area contributed by atoms with E-state index < -0.39 is 15.6 Å². The minimum absolute atomic E-state index is 0.0305. The molecule has 0 saturated carbocycles. The number of ether oxygens (including phenoxy) is 1. The Bertz CT molecular complexity index is 1690. The van der Waals surface area contributed by atoms with Crippen LogP contribution in [0.15, 0.2) is 84.5 Å². The summed E-state index contributed by atoms with van der Waals surface area (Å²) in [4.78, 5) is 17.1. The molecule has 39 heavy (non-hydrogen) atoms. The smallest absolute Gasteiger partial charge is 0.242 e. The molecule has 5 aromatic rings. The van der Waals surface area contributed by atoms with Crippen LogP contribution in [0.25, 0.3) is 28.0 Å². The van der Waals surface area contributed by atoms with Gasteiger partial charge in [-0.1, -0.05) is 30.3 Å². The van der Waals surface area contributed by atoms with Crippen molar-refractivity contribution in [3.05, 3.63) is 79.6 Å². The molecule has 0 bridgehead atoms. The van der Waals surface area contributed by atoms with Gasteiger partial charge in [-0.05, 0) is 38.5 Å². The second-order valence-electron chi connectivity index (χ2n) is 9.76. The van der Waals surface area contributed by atoms with Crippen molar-refractivity contribution in [2.75, 3.05) is 18.5 Å². The molecule has 0 aliphatic heterocycles. The lowest BCUT2D eigenvalue weighted by atomic mass is 10.1. The third kappa shape index (κ3) is 6.19. The van der Waals surface area contributed by atoms with E-state index in [1.54, 1.807) is 50.1 Å². The Labute approximate surface area is 226 Å². The third-order valence-electron chi connectivity index (χ3n) is 5.50.